The zero-order valence-electron chi connectivity index (χ0n) is 11.7. The van der Waals surface area contributed by atoms with E-state index in [2.05, 4.69) is 13.8 Å². The van der Waals surface area contributed by atoms with E-state index in [0.717, 1.165) is 24.8 Å². The minimum absolute atomic E-state index is 0.0741. The number of fused-ring (bicyclic) bond motifs is 1. The predicted octanol–water partition coefficient (Wildman–Crippen LogP) is 2.23. The van der Waals surface area contributed by atoms with Gasteiger partial charge in [-0.05, 0) is 31.3 Å². The summed E-state index contributed by atoms with van der Waals surface area (Å²) in [6.45, 7) is 6.48. The Labute approximate surface area is 113 Å². The van der Waals surface area contributed by atoms with Gasteiger partial charge in [0.2, 0.25) is 0 Å². The van der Waals surface area contributed by atoms with Crippen LogP contribution in [0, 0.1) is 17.3 Å². The number of ether oxygens (including phenoxy) is 2. The van der Waals surface area contributed by atoms with E-state index in [1.807, 2.05) is 6.92 Å². The van der Waals surface area contributed by atoms with Crippen LogP contribution in [0.3, 0.4) is 0 Å². The summed E-state index contributed by atoms with van der Waals surface area (Å²) in [5, 5.41) is 0. The molecule has 4 atom stereocenters. The highest BCUT2D eigenvalue weighted by atomic mass is 16.6. The first-order valence-electron chi connectivity index (χ1n) is 7.03. The molecule has 2 aliphatic heterocycles. The number of carbonyl (C=O) groups is 2. The van der Waals surface area contributed by atoms with Crippen molar-refractivity contribution in [3.05, 3.63) is 11.1 Å². The summed E-state index contributed by atoms with van der Waals surface area (Å²) in [4.78, 5) is 24.1. The zero-order valence-corrected chi connectivity index (χ0v) is 11.7. The van der Waals surface area contributed by atoms with Gasteiger partial charge in [0.15, 0.2) is 0 Å². The lowest BCUT2D eigenvalue weighted by Gasteiger charge is -2.42. The van der Waals surface area contributed by atoms with Gasteiger partial charge in [0.25, 0.3) is 0 Å². The monoisotopic (exact) mass is 264 g/mol. The Bertz CT molecular complexity index is 479. The molecule has 1 saturated carbocycles. The van der Waals surface area contributed by atoms with Gasteiger partial charge in [0.1, 0.15) is 12.7 Å². The Morgan fingerprint density at radius 2 is 2.00 bits per heavy atom. The number of hydrogen-bond acceptors (Lipinski definition) is 4. The maximum atomic E-state index is 12.1. The lowest BCUT2D eigenvalue weighted by molar-refractivity contribution is -0.144. The van der Waals surface area contributed by atoms with Crippen molar-refractivity contribution in [2.75, 3.05) is 6.61 Å². The van der Waals surface area contributed by atoms with Crippen molar-refractivity contribution in [3.63, 3.8) is 0 Å². The van der Waals surface area contributed by atoms with Crippen LogP contribution in [0.2, 0.25) is 0 Å². The summed E-state index contributed by atoms with van der Waals surface area (Å²) in [7, 11) is 0. The number of carbonyl (C=O) groups excluding carboxylic acids is 2. The van der Waals surface area contributed by atoms with Crippen molar-refractivity contribution in [3.8, 4) is 0 Å². The van der Waals surface area contributed by atoms with E-state index in [4.69, 9.17) is 9.47 Å². The topological polar surface area (TPSA) is 52.6 Å². The minimum atomic E-state index is -0.421. The van der Waals surface area contributed by atoms with Gasteiger partial charge in [-0.15, -0.1) is 0 Å². The number of cyclic esters (lactones) is 2. The molecule has 3 rings (SSSR count). The molecule has 2 fully saturated rings. The fourth-order valence-corrected chi connectivity index (χ4v) is 3.94. The van der Waals surface area contributed by atoms with Crippen molar-refractivity contribution < 1.29 is 19.1 Å². The lowest BCUT2D eigenvalue weighted by atomic mass is 9.59. The van der Waals surface area contributed by atoms with Crippen molar-refractivity contribution in [2.45, 2.75) is 46.1 Å². The van der Waals surface area contributed by atoms with Crippen LogP contribution in [0.5, 0.6) is 0 Å². The molecule has 0 radical (unpaired) electrons. The third kappa shape index (κ3) is 1.58. The number of rotatable bonds is 1. The minimum Gasteiger partial charge on any atom is -0.458 e. The molecule has 1 aliphatic carbocycles. The predicted molar refractivity (Wildman–Crippen MR) is 68.2 cm³/mol. The first kappa shape index (κ1) is 12.7. The number of esters is 2. The molecule has 4 unspecified atom stereocenters. The van der Waals surface area contributed by atoms with Crippen LogP contribution >= 0.6 is 0 Å². The molecule has 1 saturated heterocycles. The summed E-state index contributed by atoms with van der Waals surface area (Å²) >= 11 is 0. The van der Waals surface area contributed by atoms with Crippen molar-refractivity contribution in [2.24, 2.45) is 17.3 Å². The Hall–Kier alpha value is -1.32. The highest BCUT2D eigenvalue weighted by molar-refractivity contribution is 5.94. The molecular formula is C15H20O4. The second kappa shape index (κ2) is 4.09. The van der Waals surface area contributed by atoms with Crippen LogP contribution in [0.1, 0.15) is 40.0 Å². The average molecular weight is 264 g/mol. The van der Waals surface area contributed by atoms with Crippen LogP contribution in [0.15, 0.2) is 11.1 Å². The van der Waals surface area contributed by atoms with E-state index < -0.39 is 6.10 Å². The molecule has 0 N–H and O–H groups in total. The molecular weight excluding hydrogens is 244 g/mol. The molecule has 0 amide bonds. The van der Waals surface area contributed by atoms with Gasteiger partial charge in [-0.3, -0.25) is 4.79 Å². The smallest absolute Gasteiger partial charge is 0.338 e. The quantitative estimate of drug-likeness (QED) is 0.681. The normalized spacial score (nSPS) is 42.2. The molecule has 0 aromatic rings. The highest BCUT2D eigenvalue weighted by Crippen LogP contribution is 2.55. The molecule has 4 nitrogen and oxygen atoms in total. The Balaban J connectivity index is 2.05. The second-order valence-corrected chi connectivity index (χ2v) is 6.34. The van der Waals surface area contributed by atoms with Gasteiger partial charge in [0.05, 0.1) is 11.5 Å². The first-order chi connectivity index (χ1) is 8.96. The Kier molecular flexibility index (Phi) is 2.73. The molecule has 0 spiro atoms. The zero-order chi connectivity index (χ0) is 13.8. The van der Waals surface area contributed by atoms with Gasteiger partial charge < -0.3 is 9.47 Å². The van der Waals surface area contributed by atoms with E-state index in [1.54, 1.807) is 0 Å². The standard InChI is InChI=1S/C15H20O4/c1-8-7-18-14(17)11(8)12-15(3)9(2)5-4-6-10(15)13(16)19-12/h9-10,12H,4-7H2,1-3H3. The summed E-state index contributed by atoms with van der Waals surface area (Å²) in [6, 6.07) is 0. The molecule has 2 heterocycles. The third-order valence-corrected chi connectivity index (χ3v) is 5.39. The van der Waals surface area contributed by atoms with Gasteiger partial charge in [-0.1, -0.05) is 20.3 Å². The van der Waals surface area contributed by atoms with E-state index in [-0.39, 0.29) is 23.3 Å². The summed E-state index contributed by atoms with van der Waals surface area (Å²) in [6.07, 6.45) is 2.60. The van der Waals surface area contributed by atoms with Crippen LogP contribution in [-0.2, 0) is 19.1 Å². The second-order valence-electron chi connectivity index (χ2n) is 6.34. The molecule has 19 heavy (non-hydrogen) atoms. The Morgan fingerprint density at radius 1 is 1.26 bits per heavy atom. The van der Waals surface area contributed by atoms with Gasteiger partial charge in [-0.25, -0.2) is 4.79 Å². The third-order valence-electron chi connectivity index (χ3n) is 5.39. The van der Waals surface area contributed by atoms with Crippen LogP contribution in [0.25, 0.3) is 0 Å². The van der Waals surface area contributed by atoms with E-state index in [1.165, 1.54) is 0 Å². The van der Waals surface area contributed by atoms with E-state index in [9.17, 15) is 9.59 Å². The molecule has 0 bridgehead atoms. The maximum absolute atomic E-state index is 12.1. The van der Waals surface area contributed by atoms with Gasteiger partial charge >= 0.3 is 11.9 Å². The molecule has 3 aliphatic rings. The van der Waals surface area contributed by atoms with Crippen LogP contribution < -0.4 is 0 Å². The van der Waals surface area contributed by atoms with E-state index >= 15 is 0 Å². The largest absolute Gasteiger partial charge is 0.458 e. The van der Waals surface area contributed by atoms with Gasteiger partial charge in [0, 0.05) is 5.41 Å². The summed E-state index contributed by atoms with van der Waals surface area (Å²) < 4.78 is 10.7. The van der Waals surface area contributed by atoms with E-state index in [0.29, 0.717) is 18.1 Å². The maximum Gasteiger partial charge on any atom is 0.338 e. The van der Waals surface area contributed by atoms with Gasteiger partial charge in [-0.2, -0.15) is 0 Å². The highest BCUT2D eigenvalue weighted by Gasteiger charge is 2.60. The molecule has 0 aromatic carbocycles. The first-order valence-corrected chi connectivity index (χ1v) is 7.03. The Morgan fingerprint density at radius 3 is 2.63 bits per heavy atom. The van der Waals surface area contributed by atoms with Crippen molar-refractivity contribution in [1.29, 1.82) is 0 Å². The average Bonchev–Trinajstić information content (AvgIpc) is 2.81. The molecule has 0 aromatic heterocycles. The fraction of sp³-hybridized carbons (Fsp3) is 0.733. The number of hydrogen-bond donors (Lipinski definition) is 0. The summed E-state index contributed by atoms with van der Waals surface area (Å²) in [5.74, 6) is -0.152. The molecule has 4 heteroatoms. The van der Waals surface area contributed by atoms with Crippen molar-refractivity contribution >= 4 is 11.9 Å². The van der Waals surface area contributed by atoms with Crippen LogP contribution in [0.4, 0.5) is 0 Å². The lowest BCUT2D eigenvalue weighted by Crippen LogP contribution is -2.44. The molecule has 104 valence electrons. The van der Waals surface area contributed by atoms with Crippen molar-refractivity contribution in [1.82, 2.24) is 0 Å². The van der Waals surface area contributed by atoms with Crippen LogP contribution in [-0.4, -0.2) is 24.6 Å². The summed E-state index contributed by atoms with van der Waals surface area (Å²) in [5.41, 5.74) is 1.23. The SMILES string of the molecule is CC1=C(C2OC(=O)C3CCCC(C)C32C)C(=O)OC1. The fourth-order valence-electron chi connectivity index (χ4n) is 3.94.